The molecule has 33 heavy (non-hydrogen) atoms. The number of hydrogen-bond acceptors (Lipinski definition) is 7. The van der Waals surface area contributed by atoms with Gasteiger partial charge in [0.15, 0.2) is 17.2 Å². The Hall–Kier alpha value is -3.62. The molecule has 0 saturated carbocycles. The molecule has 9 heteroatoms. The van der Waals surface area contributed by atoms with Crippen LogP contribution < -0.4 is 8.92 Å². The van der Waals surface area contributed by atoms with E-state index < -0.39 is 16.1 Å². The molecule has 0 N–H and O–H groups in total. The molecule has 0 bridgehead atoms. The van der Waals surface area contributed by atoms with Crippen LogP contribution >= 0.6 is 11.6 Å². The number of rotatable bonds is 6. The molecule has 1 aliphatic rings. The lowest BCUT2D eigenvalue weighted by Crippen LogP contribution is -2.11. The SMILES string of the molecule is COc1cccc(C=C2N=C(c3ccc(Cl)cc3)OC2=O)c1OS(=O)(=O)c1ccc(C)cc1. The fourth-order valence-corrected chi connectivity index (χ4v) is 4.12. The van der Waals surface area contributed by atoms with Gasteiger partial charge in [-0.2, -0.15) is 8.42 Å². The van der Waals surface area contributed by atoms with Crippen LogP contribution in [0.5, 0.6) is 11.5 Å². The van der Waals surface area contributed by atoms with Crippen LogP contribution in [0.25, 0.3) is 6.08 Å². The molecule has 4 rings (SSSR count). The van der Waals surface area contributed by atoms with E-state index in [0.29, 0.717) is 10.6 Å². The summed E-state index contributed by atoms with van der Waals surface area (Å²) in [7, 11) is -2.78. The number of halogens is 1. The summed E-state index contributed by atoms with van der Waals surface area (Å²) in [6.07, 6.45) is 1.38. The van der Waals surface area contributed by atoms with Crippen LogP contribution in [0, 0.1) is 6.92 Å². The Bertz CT molecular complexity index is 1380. The molecule has 1 heterocycles. The smallest absolute Gasteiger partial charge is 0.363 e. The van der Waals surface area contributed by atoms with Crippen LogP contribution in [0.4, 0.5) is 0 Å². The van der Waals surface area contributed by atoms with Gasteiger partial charge in [-0.3, -0.25) is 0 Å². The van der Waals surface area contributed by atoms with Gasteiger partial charge in [-0.05, 0) is 55.5 Å². The number of hydrogen-bond donors (Lipinski definition) is 0. The fraction of sp³-hybridized carbons (Fsp3) is 0.0833. The second-order valence-corrected chi connectivity index (χ2v) is 9.05. The third kappa shape index (κ3) is 4.92. The van der Waals surface area contributed by atoms with Gasteiger partial charge in [-0.15, -0.1) is 0 Å². The molecule has 168 valence electrons. The summed E-state index contributed by atoms with van der Waals surface area (Å²) in [5, 5.41) is 0.535. The van der Waals surface area contributed by atoms with Crippen molar-refractivity contribution in [2.75, 3.05) is 7.11 Å². The number of esters is 1. The second-order valence-electron chi connectivity index (χ2n) is 7.07. The number of aryl methyl sites for hydroxylation is 1. The van der Waals surface area contributed by atoms with Gasteiger partial charge in [0.2, 0.25) is 5.90 Å². The number of aliphatic imine (C=N–C) groups is 1. The lowest BCUT2D eigenvalue weighted by Gasteiger charge is -2.13. The van der Waals surface area contributed by atoms with Gasteiger partial charge >= 0.3 is 16.1 Å². The zero-order valence-corrected chi connectivity index (χ0v) is 19.2. The van der Waals surface area contributed by atoms with Gasteiger partial charge in [-0.25, -0.2) is 9.79 Å². The van der Waals surface area contributed by atoms with E-state index in [1.54, 1.807) is 54.6 Å². The molecule has 0 aromatic heterocycles. The van der Waals surface area contributed by atoms with Crippen molar-refractivity contribution < 1.29 is 26.9 Å². The van der Waals surface area contributed by atoms with Crippen molar-refractivity contribution in [1.82, 2.24) is 0 Å². The maximum absolute atomic E-state index is 12.9. The minimum absolute atomic E-state index is 0.0130. The Balaban J connectivity index is 1.73. The van der Waals surface area contributed by atoms with Crippen LogP contribution in [0.15, 0.2) is 82.3 Å². The van der Waals surface area contributed by atoms with Gasteiger partial charge in [0.1, 0.15) is 4.90 Å². The molecular weight excluding hydrogens is 466 g/mol. The van der Waals surface area contributed by atoms with E-state index in [0.717, 1.165) is 5.56 Å². The molecular formula is C24H18ClNO6S. The van der Waals surface area contributed by atoms with Gasteiger partial charge in [-0.1, -0.05) is 41.4 Å². The van der Waals surface area contributed by atoms with Crippen molar-refractivity contribution in [3.05, 3.63) is 94.1 Å². The van der Waals surface area contributed by atoms with Gasteiger partial charge < -0.3 is 13.7 Å². The maximum Gasteiger partial charge on any atom is 0.363 e. The highest BCUT2D eigenvalue weighted by Crippen LogP contribution is 2.35. The first-order valence-corrected chi connectivity index (χ1v) is 11.5. The summed E-state index contributed by atoms with van der Waals surface area (Å²) in [5.74, 6) is -0.472. The minimum Gasteiger partial charge on any atom is -0.493 e. The molecule has 0 radical (unpaired) electrons. The molecule has 0 amide bonds. The number of carbonyl (C=O) groups excluding carboxylic acids is 1. The first-order chi connectivity index (χ1) is 15.8. The van der Waals surface area contributed by atoms with Crippen molar-refractivity contribution in [3.63, 3.8) is 0 Å². The first kappa shape index (κ1) is 22.6. The fourth-order valence-electron chi connectivity index (χ4n) is 3.03. The Morgan fingerprint density at radius 3 is 2.36 bits per heavy atom. The molecule has 0 fully saturated rings. The Kier molecular flexibility index (Phi) is 6.22. The molecule has 0 unspecified atom stereocenters. The van der Waals surface area contributed by atoms with E-state index in [1.165, 1.54) is 25.3 Å². The molecule has 7 nitrogen and oxygen atoms in total. The molecule has 0 aliphatic carbocycles. The predicted molar refractivity (Wildman–Crippen MR) is 124 cm³/mol. The van der Waals surface area contributed by atoms with Crippen LogP contribution in [-0.2, 0) is 19.6 Å². The summed E-state index contributed by atoms with van der Waals surface area (Å²) in [5.41, 5.74) is 1.73. The lowest BCUT2D eigenvalue weighted by molar-refractivity contribution is -0.129. The van der Waals surface area contributed by atoms with E-state index in [4.69, 9.17) is 25.3 Å². The Labute approximate surface area is 196 Å². The minimum atomic E-state index is -4.16. The van der Waals surface area contributed by atoms with Gasteiger partial charge in [0, 0.05) is 16.1 Å². The number of methoxy groups -OCH3 is 1. The standard InChI is InChI=1S/C24H18ClNO6S/c1-15-6-12-19(13-7-15)33(28,29)32-22-17(4-3-5-21(22)30-2)14-20-24(27)31-23(26-20)16-8-10-18(25)11-9-16/h3-14H,1-2H3. The zero-order valence-electron chi connectivity index (χ0n) is 17.6. The van der Waals surface area contributed by atoms with E-state index in [-0.39, 0.29) is 33.6 Å². The first-order valence-electron chi connectivity index (χ1n) is 9.73. The van der Waals surface area contributed by atoms with Crippen LogP contribution in [0.2, 0.25) is 5.02 Å². The Morgan fingerprint density at radius 2 is 1.70 bits per heavy atom. The third-order valence-electron chi connectivity index (χ3n) is 4.74. The van der Waals surface area contributed by atoms with Crippen LogP contribution in [0.1, 0.15) is 16.7 Å². The molecule has 0 atom stereocenters. The number of carbonyl (C=O) groups is 1. The average Bonchev–Trinajstić information content (AvgIpc) is 3.15. The lowest BCUT2D eigenvalue weighted by atomic mass is 10.1. The van der Waals surface area contributed by atoms with E-state index in [1.807, 2.05) is 6.92 Å². The number of para-hydroxylation sites is 1. The van der Waals surface area contributed by atoms with E-state index in [9.17, 15) is 13.2 Å². The quantitative estimate of drug-likeness (QED) is 0.285. The third-order valence-corrected chi connectivity index (χ3v) is 6.22. The monoisotopic (exact) mass is 483 g/mol. The van der Waals surface area contributed by atoms with Crippen molar-refractivity contribution in [2.45, 2.75) is 11.8 Å². The van der Waals surface area contributed by atoms with Crippen LogP contribution in [0.3, 0.4) is 0 Å². The molecule has 0 spiro atoms. The van der Waals surface area contributed by atoms with Gasteiger partial charge in [0.25, 0.3) is 0 Å². The average molecular weight is 484 g/mol. The summed E-state index contributed by atoms with van der Waals surface area (Å²) >= 11 is 5.90. The highest BCUT2D eigenvalue weighted by Gasteiger charge is 2.26. The number of nitrogens with zero attached hydrogens (tertiary/aromatic N) is 1. The normalized spacial score (nSPS) is 14.7. The maximum atomic E-state index is 12.9. The van der Waals surface area contributed by atoms with Crippen molar-refractivity contribution in [3.8, 4) is 11.5 Å². The molecule has 1 aliphatic heterocycles. The number of benzene rings is 3. The number of cyclic esters (lactones) is 1. The van der Waals surface area contributed by atoms with Crippen molar-refractivity contribution in [2.24, 2.45) is 4.99 Å². The molecule has 0 saturated heterocycles. The Morgan fingerprint density at radius 1 is 1.00 bits per heavy atom. The predicted octanol–water partition coefficient (Wildman–Crippen LogP) is 4.77. The topological polar surface area (TPSA) is 91.3 Å². The van der Waals surface area contributed by atoms with Gasteiger partial charge in [0.05, 0.1) is 7.11 Å². The highest BCUT2D eigenvalue weighted by molar-refractivity contribution is 7.87. The van der Waals surface area contributed by atoms with Crippen LogP contribution in [-0.4, -0.2) is 27.4 Å². The molecule has 3 aromatic rings. The second kappa shape index (κ2) is 9.09. The summed E-state index contributed by atoms with van der Waals surface area (Å²) in [6.45, 7) is 1.85. The highest BCUT2D eigenvalue weighted by atomic mass is 35.5. The number of ether oxygens (including phenoxy) is 2. The van der Waals surface area contributed by atoms with E-state index in [2.05, 4.69) is 4.99 Å². The van der Waals surface area contributed by atoms with Crippen molar-refractivity contribution >= 4 is 39.7 Å². The van der Waals surface area contributed by atoms with E-state index >= 15 is 0 Å². The largest absolute Gasteiger partial charge is 0.493 e. The summed E-state index contributed by atoms with van der Waals surface area (Å²) in [4.78, 5) is 16.6. The van der Waals surface area contributed by atoms with Crippen molar-refractivity contribution in [1.29, 1.82) is 0 Å². The zero-order chi connectivity index (χ0) is 23.6. The molecule has 3 aromatic carbocycles. The summed E-state index contributed by atoms with van der Waals surface area (Å²) < 4.78 is 41.7. The summed E-state index contributed by atoms with van der Waals surface area (Å²) in [6, 6.07) is 17.7.